The monoisotopic (exact) mass is 547 g/mol. The first-order chi connectivity index (χ1) is 18.5. The Balaban J connectivity index is 2.90. The van der Waals surface area contributed by atoms with Gasteiger partial charge < -0.3 is 44.6 Å². The van der Waals surface area contributed by atoms with Gasteiger partial charge in [0, 0.05) is 6.54 Å². The van der Waals surface area contributed by atoms with Gasteiger partial charge in [-0.3, -0.25) is 24.2 Å². The highest BCUT2D eigenvalue weighted by molar-refractivity contribution is 5.94. The Bertz CT molecular complexity index is 952. The normalized spacial score (nSPS) is 14.0. The van der Waals surface area contributed by atoms with Crippen molar-refractivity contribution in [2.24, 2.45) is 39.6 Å². The molecule has 0 aliphatic carbocycles. The molecule has 0 saturated carbocycles. The number of rotatable bonds is 18. The number of unbranched alkanes of at least 4 members (excludes halogenated alkanes) is 1. The van der Waals surface area contributed by atoms with Crippen LogP contribution < -0.4 is 44.6 Å². The molecule has 218 valence electrons. The Morgan fingerprint density at radius 1 is 0.821 bits per heavy atom. The molecule has 4 amide bonds. The predicted octanol–water partition coefficient (Wildman–Crippen LogP) is -1.67. The van der Waals surface area contributed by atoms with E-state index in [9.17, 15) is 19.2 Å². The Kier molecular flexibility index (Phi) is 15.2. The number of carbonyl (C=O) groups is 4. The zero-order valence-corrected chi connectivity index (χ0v) is 22.9. The van der Waals surface area contributed by atoms with Crippen molar-refractivity contribution in [2.75, 3.05) is 13.1 Å². The van der Waals surface area contributed by atoms with E-state index in [0.29, 0.717) is 38.6 Å². The van der Waals surface area contributed by atoms with Crippen molar-refractivity contribution in [1.29, 1.82) is 0 Å². The van der Waals surface area contributed by atoms with Crippen LogP contribution in [0.15, 0.2) is 35.3 Å². The summed E-state index contributed by atoms with van der Waals surface area (Å²) in [4.78, 5) is 54.9. The third-order valence-electron chi connectivity index (χ3n) is 6.07. The fourth-order valence-corrected chi connectivity index (χ4v) is 3.84. The van der Waals surface area contributed by atoms with Gasteiger partial charge in [0.15, 0.2) is 5.96 Å². The number of primary amides is 1. The SMILES string of the molecule is CC(C)[C@H](NC(=O)[C@H](CCCCN)NC(=O)[C@@H](N)Cc1ccccc1)C(=O)N[C@@H](CCCN=C(N)N)C(N)=O. The molecule has 0 aliphatic rings. The van der Waals surface area contributed by atoms with E-state index >= 15 is 0 Å². The lowest BCUT2D eigenvalue weighted by atomic mass is 10.0. The molecule has 0 aliphatic heterocycles. The zero-order chi connectivity index (χ0) is 29.4. The number of guanidine groups is 1. The Morgan fingerprint density at radius 3 is 2.00 bits per heavy atom. The van der Waals surface area contributed by atoms with Crippen molar-refractivity contribution in [2.45, 2.75) is 76.5 Å². The van der Waals surface area contributed by atoms with Crippen molar-refractivity contribution < 1.29 is 19.2 Å². The Morgan fingerprint density at radius 2 is 1.44 bits per heavy atom. The minimum Gasteiger partial charge on any atom is -0.370 e. The van der Waals surface area contributed by atoms with E-state index in [-0.39, 0.29) is 24.8 Å². The predicted molar refractivity (Wildman–Crippen MR) is 151 cm³/mol. The standard InChI is InChI=1S/C26H45N9O4/c1-16(2)21(25(39)33-19(22(29)36)12-8-14-32-26(30)31)35-24(38)20(11-6-7-13-27)34-23(37)18(28)15-17-9-4-3-5-10-17/h3-5,9-10,16,18-21H,6-8,11-15,27-28H2,1-2H3,(H2,29,36)(H,33,39)(H,34,37)(H,35,38)(H4,30,31,32)/t18-,19-,20-,21-/m0/s1. The van der Waals surface area contributed by atoms with E-state index in [4.69, 9.17) is 28.7 Å². The summed E-state index contributed by atoms with van der Waals surface area (Å²) < 4.78 is 0. The fraction of sp³-hybridized carbons (Fsp3) is 0.577. The highest BCUT2D eigenvalue weighted by Crippen LogP contribution is 2.09. The molecule has 13 heteroatoms. The molecule has 1 aromatic carbocycles. The highest BCUT2D eigenvalue weighted by atomic mass is 16.2. The molecular weight excluding hydrogens is 502 g/mol. The van der Waals surface area contributed by atoms with E-state index < -0.39 is 47.8 Å². The Labute approximate surface area is 230 Å². The van der Waals surface area contributed by atoms with Crippen LogP contribution in [0, 0.1) is 5.92 Å². The van der Waals surface area contributed by atoms with Crippen LogP contribution in [0.4, 0.5) is 0 Å². The van der Waals surface area contributed by atoms with E-state index in [1.54, 1.807) is 13.8 Å². The van der Waals surface area contributed by atoms with Gasteiger partial charge >= 0.3 is 0 Å². The number of hydrogen-bond donors (Lipinski definition) is 8. The topological polar surface area (TPSA) is 247 Å². The maximum atomic E-state index is 13.3. The number of benzene rings is 1. The third kappa shape index (κ3) is 13.1. The fourth-order valence-electron chi connectivity index (χ4n) is 3.84. The summed E-state index contributed by atoms with van der Waals surface area (Å²) in [6.07, 6.45) is 2.48. The Hall–Kier alpha value is -3.71. The summed E-state index contributed by atoms with van der Waals surface area (Å²) in [7, 11) is 0. The van der Waals surface area contributed by atoms with Crippen molar-refractivity contribution in [1.82, 2.24) is 16.0 Å². The van der Waals surface area contributed by atoms with E-state index in [0.717, 1.165) is 5.56 Å². The van der Waals surface area contributed by atoms with Crippen molar-refractivity contribution in [3.8, 4) is 0 Å². The van der Waals surface area contributed by atoms with Crippen molar-refractivity contribution in [3.63, 3.8) is 0 Å². The summed E-state index contributed by atoms with van der Waals surface area (Å²) in [5, 5.41) is 8.05. The van der Waals surface area contributed by atoms with Crippen LogP contribution in [-0.4, -0.2) is 66.8 Å². The molecule has 0 heterocycles. The molecule has 39 heavy (non-hydrogen) atoms. The first kappa shape index (κ1) is 33.3. The van der Waals surface area contributed by atoms with Crippen LogP contribution in [0.2, 0.25) is 0 Å². The van der Waals surface area contributed by atoms with Gasteiger partial charge in [-0.05, 0) is 56.6 Å². The molecule has 4 atom stereocenters. The average molecular weight is 548 g/mol. The molecule has 0 aromatic heterocycles. The maximum absolute atomic E-state index is 13.3. The lowest BCUT2D eigenvalue weighted by Crippen LogP contribution is -2.59. The molecule has 0 spiro atoms. The molecule has 1 rings (SSSR count). The minimum atomic E-state index is -0.982. The van der Waals surface area contributed by atoms with Gasteiger partial charge in [-0.15, -0.1) is 0 Å². The summed E-state index contributed by atoms with van der Waals surface area (Å²) in [6, 6.07) is 5.56. The largest absolute Gasteiger partial charge is 0.370 e. The molecule has 13 N–H and O–H groups in total. The second-order valence-electron chi connectivity index (χ2n) is 9.78. The van der Waals surface area contributed by atoms with Crippen LogP contribution in [0.25, 0.3) is 0 Å². The van der Waals surface area contributed by atoms with Gasteiger partial charge in [-0.25, -0.2) is 0 Å². The molecule has 0 radical (unpaired) electrons. The van der Waals surface area contributed by atoms with Gasteiger partial charge in [0.2, 0.25) is 23.6 Å². The van der Waals surface area contributed by atoms with E-state index in [1.165, 1.54) is 0 Å². The van der Waals surface area contributed by atoms with Gasteiger partial charge in [0.1, 0.15) is 18.1 Å². The quantitative estimate of drug-likeness (QED) is 0.0598. The lowest BCUT2D eigenvalue weighted by molar-refractivity contribution is -0.134. The summed E-state index contributed by atoms with van der Waals surface area (Å²) >= 11 is 0. The summed E-state index contributed by atoms with van der Waals surface area (Å²) in [5.41, 5.74) is 28.7. The molecular formula is C26H45N9O4. The molecule has 0 unspecified atom stereocenters. The van der Waals surface area contributed by atoms with Crippen molar-refractivity contribution >= 4 is 29.6 Å². The number of nitrogens with two attached hydrogens (primary N) is 5. The summed E-state index contributed by atoms with van der Waals surface area (Å²) in [6.45, 7) is 4.20. The first-order valence-electron chi connectivity index (χ1n) is 13.2. The number of nitrogens with zero attached hydrogens (tertiary/aromatic N) is 1. The van der Waals surface area contributed by atoms with Gasteiger partial charge in [-0.2, -0.15) is 0 Å². The highest BCUT2D eigenvalue weighted by Gasteiger charge is 2.31. The number of amides is 4. The smallest absolute Gasteiger partial charge is 0.243 e. The van der Waals surface area contributed by atoms with Crippen LogP contribution >= 0.6 is 0 Å². The van der Waals surface area contributed by atoms with E-state index in [1.807, 2.05) is 30.3 Å². The van der Waals surface area contributed by atoms with Crippen LogP contribution in [0.1, 0.15) is 51.5 Å². The van der Waals surface area contributed by atoms with Crippen molar-refractivity contribution in [3.05, 3.63) is 35.9 Å². The van der Waals surface area contributed by atoms with E-state index in [2.05, 4.69) is 20.9 Å². The lowest BCUT2D eigenvalue weighted by Gasteiger charge is -2.27. The second-order valence-corrected chi connectivity index (χ2v) is 9.78. The van der Waals surface area contributed by atoms with Gasteiger partial charge in [0.25, 0.3) is 0 Å². The van der Waals surface area contributed by atoms with Crippen LogP contribution in [0.3, 0.4) is 0 Å². The van der Waals surface area contributed by atoms with Crippen LogP contribution in [-0.2, 0) is 25.6 Å². The molecule has 0 fully saturated rings. The molecule has 0 saturated heterocycles. The van der Waals surface area contributed by atoms with Gasteiger partial charge in [-0.1, -0.05) is 44.2 Å². The maximum Gasteiger partial charge on any atom is 0.243 e. The minimum absolute atomic E-state index is 0.0774. The molecule has 13 nitrogen and oxygen atoms in total. The number of nitrogens with one attached hydrogen (secondary N) is 3. The first-order valence-corrected chi connectivity index (χ1v) is 13.2. The molecule has 0 bridgehead atoms. The second kappa shape index (κ2) is 17.7. The third-order valence-corrected chi connectivity index (χ3v) is 6.07. The van der Waals surface area contributed by atoms with Gasteiger partial charge in [0.05, 0.1) is 6.04 Å². The van der Waals surface area contributed by atoms with Crippen LogP contribution in [0.5, 0.6) is 0 Å². The number of aliphatic imine (C=N–C) groups is 1. The number of carbonyl (C=O) groups excluding carboxylic acids is 4. The average Bonchev–Trinajstić information content (AvgIpc) is 2.88. The molecule has 1 aromatic rings. The summed E-state index contributed by atoms with van der Waals surface area (Å²) in [5.74, 6) is -2.72. The number of hydrogen-bond acceptors (Lipinski definition) is 7. The zero-order valence-electron chi connectivity index (χ0n) is 22.9.